The van der Waals surface area contributed by atoms with Gasteiger partial charge in [-0.05, 0) is 18.9 Å². The molecule has 0 saturated heterocycles. The summed E-state index contributed by atoms with van der Waals surface area (Å²) in [4.78, 5) is 20.9. The highest BCUT2D eigenvalue weighted by atomic mass is 16.5. The van der Waals surface area contributed by atoms with Crippen molar-refractivity contribution in [3.63, 3.8) is 0 Å². The second-order valence-corrected chi connectivity index (χ2v) is 2.93. The maximum atomic E-state index is 10.5. The molecule has 66 valence electrons. The van der Waals surface area contributed by atoms with Gasteiger partial charge in [0.15, 0.2) is 0 Å². The number of hydrogen-bond acceptors (Lipinski definition) is 3. The van der Waals surface area contributed by atoms with Crippen LogP contribution in [-0.2, 0) is 14.3 Å². The average Bonchev–Trinajstić information content (AvgIpc) is 2.05. The second-order valence-electron chi connectivity index (χ2n) is 2.93. The van der Waals surface area contributed by atoms with Gasteiger partial charge in [-0.1, -0.05) is 0 Å². The van der Waals surface area contributed by atoms with Crippen LogP contribution in [0.4, 0.5) is 0 Å². The Bertz CT molecular complexity index is 218. The molecule has 0 aromatic carbocycles. The molecule has 12 heavy (non-hydrogen) atoms. The fraction of sp³-hybridized carbons (Fsp3) is 0.556. The van der Waals surface area contributed by atoms with Gasteiger partial charge in [0.2, 0.25) is 0 Å². The number of esters is 1. The molecule has 1 rings (SSSR count). The van der Waals surface area contributed by atoms with Crippen molar-refractivity contribution in [1.29, 1.82) is 0 Å². The summed E-state index contributed by atoms with van der Waals surface area (Å²) in [6.45, 7) is 1.38. The molecule has 1 aliphatic rings. The fourth-order valence-electron chi connectivity index (χ4n) is 1.23. The molecule has 1 unspecified atom stereocenters. The lowest BCUT2D eigenvalue weighted by molar-refractivity contribution is -0.137. The van der Waals surface area contributed by atoms with Crippen LogP contribution in [0, 0.1) is 5.92 Å². The Labute approximate surface area is 71.4 Å². The van der Waals surface area contributed by atoms with Crippen molar-refractivity contribution in [2.45, 2.75) is 26.2 Å². The number of rotatable bonds is 2. The van der Waals surface area contributed by atoms with E-state index in [-0.39, 0.29) is 11.9 Å². The standard InChI is InChI=1S/C9H12O3/c1-7(11)12-9-4-2-8(6-10)3-5-9/h4,6,8H,2-3,5H2,1H3. The summed E-state index contributed by atoms with van der Waals surface area (Å²) >= 11 is 0. The van der Waals surface area contributed by atoms with Gasteiger partial charge in [-0.25, -0.2) is 0 Å². The van der Waals surface area contributed by atoms with Crippen LogP contribution in [-0.4, -0.2) is 12.3 Å². The van der Waals surface area contributed by atoms with Gasteiger partial charge in [0.1, 0.15) is 12.0 Å². The van der Waals surface area contributed by atoms with Crippen LogP contribution in [0.15, 0.2) is 11.8 Å². The molecule has 0 aromatic heterocycles. The molecule has 3 heteroatoms. The van der Waals surface area contributed by atoms with Gasteiger partial charge in [0.05, 0.1) is 0 Å². The normalized spacial score (nSPS) is 22.8. The van der Waals surface area contributed by atoms with Crippen LogP contribution in [0.1, 0.15) is 26.2 Å². The van der Waals surface area contributed by atoms with Crippen molar-refractivity contribution in [2.75, 3.05) is 0 Å². The number of carbonyl (C=O) groups excluding carboxylic acids is 2. The summed E-state index contributed by atoms with van der Waals surface area (Å²) in [6.07, 6.45) is 4.97. The highest BCUT2D eigenvalue weighted by molar-refractivity contribution is 5.67. The molecule has 1 atom stereocenters. The number of hydrogen-bond donors (Lipinski definition) is 0. The zero-order chi connectivity index (χ0) is 8.97. The first-order chi connectivity index (χ1) is 5.72. The molecule has 0 radical (unpaired) electrons. The molecule has 0 N–H and O–H groups in total. The van der Waals surface area contributed by atoms with E-state index < -0.39 is 0 Å². The van der Waals surface area contributed by atoms with Gasteiger partial charge in [-0.15, -0.1) is 0 Å². The smallest absolute Gasteiger partial charge is 0.307 e. The number of allylic oxidation sites excluding steroid dienone is 2. The van der Waals surface area contributed by atoms with Gasteiger partial charge in [-0.3, -0.25) is 4.79 Å². The third-order valence-corrected chi connectivity index (χ3v) is 1.88. The molecule has 0 fully saturated rings. The van der Waals surface area contributed by atoms with E-state index in [1.807, 2.05) is 6.08 Å². The Morgan fingerprint density at radius 1 is 1.75 bits per heavy atom. The molecule has 0 heterocycles. The molecule has 0 spiro atoms. The summed E-state index contributed by atoms with van der Waals surface area (Å²) < 4.78 is 4.89. The van der Waals surface area contributed by atoms with Crippen molar-refractivity contribution in [3.8, 4) is 0 Å². The first kappa shape index (κ1) is 8.97. The third kappa shape index (κ3) is 2.49. The average molecular weight is 168 g/mol. The largest absolute Gasteiger partial charge is 0.432 e. The first-order valence-corrected chi connectivity index (χ1v) is 4.05. The summed E-state index contributed by atoms with van der Waals surface area (Å²) in [7, 11) is 0. The minimum absolute atomic E-state index is 0.115. The van der Waals surface area contributed by atoms with Crippen molar-refractivity contribution >= 4 is 12.3 Å². The topological polar surface area (TPSA) is 43.4 Å². The van der Waals surface area contributed by atoms with E-state index in [2.05, 4.69) is 0 Å². The predicted octanol–water partition coefficient (Wildman–Crippen LogP) is 1.43. The first-order valence-electron chi connectivity index (χ1n) is 4.05. The summed E-state index contributed by atoms with van der Waals surface area (Å²) in [5.41, 5.74) is 0. The van der Waals surface area contributed by atoms with E-state index in [0.29, 0.717) is 18.6 Å². The molecular weight excluding hydrogens is 156 g/mol. The molecule has 0 bridgehead atoms. The zero-order valence-corrected chi connectivity index (χ0v) is 7.08. The molecule has 3 nitrogen and oxygen atoms in total. The zero-order valence-electron chi connectivity index (χ0n) is 7.08. The van der Waals surface area contributed by atoms with Crippen molar-refractivity contribution in [2.24, 2.45) is 5.92 Å². The van der Waals surface area contributed by atoms with E-state index in [9.17, 15) is 9.59 Å². The molecular formula is C9H12O3. The van der Waals surface area contributed by atoms with E-state index in [1.54, 1.807) is 0 Å². The number of carbonyl (C=O) groups is 2. The van der Waals surface area contributed by atoms with E-state index in [1.165, 1.54) is 6.92 Å². The fourth-order valence-corrected chi connectivity index (χ4v) is 1.23. The lowest BCUT2D eigenvalue weighted by Crippen LogP contribution is -2.09. The molecule has 0 amide bonds. The van der Waals surface area contributed by atoms with Crippen molar-refractivity contribution < 1.29 is 14.3 Å². The van der Waals surface area contributed by atoms with Crippen molar-refractivity contribution in [3.05, 3.63) is 11.8 Å². The maximum Gasteiger partial charge on any atom is 0.307 e. The van der Waals surface area contributed by atoms with Gasteiger partial charge in [-0.2, -0.15) is 0 Å². The SMILES string of the molecule is CC(=O)OC1=CCC(C=O)CC1. The quantitative estimate of drug-likeness (QED) is 0.462. The third-order valence-electron chi connectivity index (χ3n) is 1.88. The van der Waals surface area contributed by atoms with Gasteiger partial charge < -0.3 is 9.53 Å². The van der Waals surface area contributed by atoms with Crippen LogP contribution < -0.4 is 0 Å². The van der Waals surface area contributed by atoms with Crippen LogP contribution in [0.25, 0.3) is 0 Å². The number of aldehydes is 1. The van der Waals surface area contributed by atoms with E-state index in [0.717, 1.165) is 12.7 Å². The second kappa shape index (κ2) is 4.04. The van der Waals surface area contributed by atoms with Gasteiger partial charge >= 0.3 is 5.97 Å². The Balaban J connectivity index is 2.44. The molecule has 1 aliphatic carbocycles. The summed E-state index contributed by atoms with van der Waals surface area (Å²) in [5, 5.41) is 0. The Hall–Kier alpha value is -1.12. The lowest BCUT2D eigenvalue weighted by Gasteiger charge is -2.15. The number of ether oxygens (including phenoxy) is 1. The summed E-state index contributed by atoms with van der Waals surface area (Å²) in [6, 6.07) is 0. The van der Waals surface area contributed by atoms with Gasteiger partial charge in [0, 0.05) is 19.3 Å². The Morgan fingerprint density at radius 2 is 2.50 bits per heavy atom. The summed E-state index contributed by atoms with van der Waals surface area (Å²) in [5.74, 6) is 0.538. The predicted molar refractivity (Wildman–Crippen MR) is 43.3 cm³/mol. The minimum Gasteiger partial charge on any atom is -0.432 e. The lowest BCUT2D eigenvalue weighted by atomic mass is 9.95. The molecule has 0 aliphatic heterocycles. The minimum atomic E-state index is -0.286. The highest BCUT2D eigenvalue weighted by Gasteiger charge is 2.14. The molecule has 0 saturated carbocycles. The van der Waals surface area contributed by atoms with Crippen LogP contribution >= 0.6 is 0 Å². The van der Waals surface area contributed by atoms with Gasteiger partial charge in [0.25, 0.3) is 0 Å². The van der Waals surface area contributed by atoms with E-state index in [4.69, 9.17) is 4.74 Å². The van der Waals surface area contributed by atoms with E-state index >= 15 is 0 Å². The Kier molecular flexibility index (Phi) is 3.02. The Morgan fingerprint density at radius 3 is 2.92 bits per heavy atom. The highest BCUT2D eigenvalue weighted by Crippen LogP contribution is 2.22. The monoisotopic (exact) mass is 168 g/mol. The van der Waals surface area contributed by atoms with Crippen LogP contribution in [0.2, 0.25) is 0 Å². The van der Waals surface area contributed by atoms with Crippen LogP contribution in [0.3, 0.4) is 0 Å². The van der Waals surface area contributed by atoms with Crippen LogP contribution in [0.5, 0.6) is 0 Å². The maximum absolute atomic E-state index is 10.5. The van der Waals surface area contributed by atoms with Crippen molar-refractivity contribution in [1.82, 2.24) is 0 Å². The molecule has 0 aromatic rings.